The molecule has 0 aliphatic heterocycles. The summed E-state index contributed by atoms with van der Waals surface area (Å²) in [4.78, 5) is 11.0. The maximum Gasteiger partial charge on any atom is 0.305 e. The van der Waals surface area contributed by atoms with Gasteiger partial charge in [-0.05, 0) is 17.7 Å². The van der Waals surface area contributed by atoms with Gasteiger partial charge in [-0.3, -0.25) is 4.79 Å². The number of hydrogen-bond donors (Lipinski definition) is 0. The van der Waals surface area contributed by atoms with Gasteiger partial charge in [0, 0.05) is 12.6 Å². The molecule has 1 aromatic carbocycles. The van der Waals surface area contributed by atoms with Crippen LogP contribution in [0.5, 0.6) is 0 Å². The molecule has 0 aliphatic carbocycles. The number of halogens is 1. The number of carbonyl (C=O) groups is 1. The van der Waals surface area contributed by atoms with E-state index in [1.54, 1.807) is 24.0 Å². The molecule has 0 aliphatic rings. The van der Waals surface area contributed by atoms with E-state index in [0.717, 1.165) is 11.3 Å². The molecule has 94 valence electrons. The number of rotatable bonds is 4. The molecule has 0 spiro atoms. The maximum atomic E-state index is 11.0. The molecule has 0 saturated carbocycles. The van der Waals surface area contributed by atoms with Crippen molar-refractivity contribution in [3.8, 4) is 5.69 Å². The maximum absolute atomic E-state index is 11.0. The number of nitrogens with zero attached hydrogens (tertiary/aromatic N) is 2. The van der Waals surface area contributed by atoms with Crippen LogP contribution in [-0.2, 0) is 16.1 Å². The minimum atomic E-state index is -0.196. The van der Waals surface area contributed by atoms with Gasteiger partial charge in [0.05, 0.1) is 16.9 Å². The summed E-state index contributed by atoms with van der Waals surface area (Å²) in [7, 11) is 0. The van der Waals surface area contributed by atoms with Crippen molar-refractivity contribution in [1.82, 2.24) is 9.78 Å². The number of aromatic nitrogens is 2. The molecule has 0 N–H and O–H groups in total. The van der Waals surface area contributed by atoms with Crippen molar-refractivity contribution in [3.63, 3.8) is 0 Å². The third kappa shape index (κ3) is 3.11. The molecule has 18 heavy (non-hydrogen) atoms. The van der Waals surface area contributed by atoms with Crippen LogP contribution in [0.3, 0.4) is 0 Å². The summed E-state index contributed by atoms with van der Waals surface area (Å²) < 4.78 is 6.73. The molecule has 0 fully saturated rings. The topological polar surface area (TPSA) is 44.1 Å². The van der Waals surface area contributed by atoms with Crippen molar-refractivity contribution in [1.29, 1.82) is 0 Å². The second-order valence-electron chi connectivity index (χ2n) is 3.78. The zero-order valence-corrected chi connectivity index (χ0v) is 10.7. The van der Waals surface area contributed by atoms with Gasteiger partial charge in [-0.15, -0.1) is 0 Å². The van der Waals surface area contributed by atoms with Gasteiger partial charge in [0.1, 0.15) is 6.61 Å². The highest BCUT2D eigenvalue weighted by Crippen LogP contribution is 2.13. The highest BCUT2D eigenvalue weighted by molar-refractivity contribution is 6.30. The van der Waals surface area contributed by atoms with Gasteiger partial charge < -0.3 is 4.74 Å². The lowest BCUT2D eigenvalue weighted by molar-refractivity contribution is -0.144. The molecule has 0 bridgehead atoms. The van der Waals surface area contributed by atoms with Crippen LogP contribution >= 0.6 is 11.6 Å². The summed E-state index contributed by atoms with van der Waals surface area (Å²) in [6.45, 7) is 2.07. The van der Waals surface area contributed by atoms with Gasteiger partial charge in [-0.25, -0.2) is 4.68 Å². The average Bonchev–Trinajstić information content (AvgIpc) is 2.83. The van der Waals surface area contributed by atoms with E-state index in [1.165, 1.54) is 0 Å². The van der Waals surface area contributed by atoms with Crippen LogP contribution in [-0.4, -0.2) is 15.7 Å². The summed E-state index contributed by atoms with van der Waals surface area (Å²) in [6, 6.07) is 7.60. The fraction of sp³-hybridized carbons (Fsp3) is 0.231. The van der Waals surface area contributed by atoms with Crippen molar-refractivity contribution >= 4 is 17.6 Å². The van der Waals surface area contributed by atoms with Gasteiger partial charge >= 0.3 is 5.97 Å². The Morgan fingerprint density at radius 1 is 1.39 bits per heavy atom. The largest absolute Gasteiger partial charge is 0.461 e. The third-order valence-corrected chi connectivity index (χ3v) is 2.64. The molecule has 2 aromatic rings. The van der Waals surface area contributed by atoms with Gasteiger partial charge in [0.2, 0.25) is 0 Å². The number of carbonyl (C=O) groups excluding carboxylic acids is 1. The van der Waals surface area contributed by atoms with E-state index in [4.69, 9.17) is 16.3 Å². The van der Waals surface area contributed by atoms with Crippen LogP contribution in [0.25, 0.3) is 5.69 Å². The average molecular weight is 265 g/mol. The highest BCUT2D eigenvalue weighted by atomic mass is 35.5. The molecular weight excluding hydrogens is 252 g/mol. The predicted molar refractivity (Wildman–Crippen MR) is 68.7 cm³/mol. The predicted octanol–water partition coefficient (Wildman–Crippen LogP) is 2.98. The molecule has 0 amide bonds. The molecule has 0 unspecified atom stereocenters. The first-order valence-corrected chi connectivity index (χ1v) is 6.02. The highest BCUT2D eigenvalue weighted by Gasteiger charge is 2.02. The molecule has 0 atom stereocenters. The molecule has 5 heteroatoms. The number of benzene rings is 1. The summed E-state index contributed by atoms with van der Waals surface area (Å²) in [5.74, 6) is -0.196. The summed E-state index contributed by atoms with van der Waals surface area (Å²) in [6.07, 6.45) is 3.70. The summed E-state index contributed by atoms with van der Waals surface area (Å²) in [5, 5.41) is 4.70. The molecule has 0 radical (unpaired) electrons. The standard InChI is InChI=1S/C13H13ClN2O2/c1-2-13(17)18-9-10-3-5-12(6-4-10)16-8-11(14)7-15-16/h3-8H,2,9H2,1H3. The Hall–Kier alpha value is -1.81. The van der Waals surface area contributed by atoms with Crippen molar-refractivity contribution in [2.45, 2.75) is 20.0 Å². The number of ether oxygens (including phenoxy) is 1. The first kappa shape index (κ1) is 12.6. The molecule has 1 aromatic heterocycles. The summed E-state index contributed by atoms with van der Waals surface area (Å²) in [5.41, 5.74) is 1.85. The van der Waals surface area contributed by atoms with Crippen molar-refractivity contribution in [2.24, 2.45) is 0 Å². The fourth-order valence-electron chi connectivity index (χ4n) is 1.45. The lowest BCUT2D eigenvalue weighted by atomic mass is 10.2. The Labute approximate surface area is 110 Å². The zero-order chi connectivity index (χ0) is 13.0. The minimum Gasteiger partial charge on any atom is -0.461 e. The van der Waals surface area contributed by atoms with Crippen molar-refractivity contribution in [3.05, 3.63) is 47.2 Å². The van der Waals surface area contributed by atoms with Crippen molar-refractivity contribution < 1.29 is 9.53 Å². The summed E-state index contributed by atoms with van der Waals surface area (Å²) >= 11 is 5.80. The van der Waals surface area contributed by atoms with E-state index in [0.29, 0.717) is 18.1 Å². The normalized spacial score (nSPS) is 10.3. The smallest absolute Gasteiger partial charge is 0.305 e. The Bertz CT molecular complexity index is 534. The number of hydrogen-bond acceptors (Lipinski definition) is 3. The lowest BCUT2D eigenvalue weighted by Crippen LogP contribution is -2.02. The van der Waals surface area contributed by atoms with E-state index < -0.39 is 0 Å². The van der Waals surface area contributed by atoms with Gasteiger partial charge in [0.25, 0.3) is 0 Å². The van der Waals surface area contributed by atoms with E-state index in [1.807, 2.05) is 24.3 Å². The fourth-order valence-corrected chi connectivity index (χ4v) is 1.59. The van der Waals surface area contributed by atoms with Crippen LogP contribution in [0, 0.1) is 0 Å². The Morgan fingerprint density at radius 2 is 2.11 bits per heavy atom. The first-order chi connectivity index (χ1) is 8.69. The van der Waals surface area contributed by atoms with E-state index >= 15 is 0 Å². The van der Waals surface area contributed by atoms with E-state index in [-0.39, 0.29) is 5.97 Å². The molecule has 0 saturated heterocycles. The minimum absolute atomic E-state index is 0.196. The monoisotopic (exact) mass is 264 g/mol. The second-order valence-corrected chi connectivity index (χ2v) is 4.22. The first-order valence-electron chi connectivity index (χ1n) is 5.64. The van der Waals surface area contributed by atoms with Crippen LogP contribution in [0.2, 0.25) is 5.02 Å². The van der Waals surface area contributed by atoms with Crippen LogP contribution in [0.15, 0.2) is 36.7 Å². The Kier molecular flexibility index (Phi) is 3.99. The van der Waals surface area contributed by atoms with Crippen molar-refractivity contribution in [2.75, 3.05) is 0 Å². The Balaban J connectivity index is 2.03. The molecular formula is C13H13ClN2O2. The van der Waals surface area contributed by atoms with Crippen LogP contribution in [0.1, 0.15) is 18.9 Å². The van der Waals surface area contributed by atoms with Gasteiger partial charge in [0.15, 0.2) is 0 Å². The lowest BCUT2D eigenvalue weighted by Gasteiger charge is -2.05. The van der Waals surface area contributed by atoms with Crippen LogP contribution < -0.4 is 0 Å². The zero-order valence-electron chi connectivity index (χ0n) is 9.97. The van der Waals surface area contributed by atoms with Gasteiger partial charge in [-0.2, -0.15) is 5.10 Å². The van der Waals surface area contributed by atoms with E-state index in [2.05, 4.69) is 5.10 Å². The van der Waals surface area contributed by atoms with E-state index in [9.17, 15) is 4.79 Å². The second kappa shape index (κ2) is 5.69. The molecule has 1 heterocycles. The third-order valence-electron chi connectivity index (χ3n) is 2.44. The SMILES string of the molecule is CCC(=O)OCc1ccc(-n2cc(Cl)cn2)cc1. The van der Waals surface area contributed by atoms with Gasteiger partial charge in [-0.1, -0.05) is 30.7 Å². The number of esters is 1. The quantitative estimate of drug-likeness (QED) is 0.798. The van der Waals surface area contributed by atoms with Crippen LogP contribution in [0.4, 0.5) is 0 Å². The molecule has 4 nitrogen and oxygen atoms in total. The Morgan fingerprint density at radius 3 is 2.67 bits per heavy atom. The molecule has 2 rings (SSSR count).